The molecule has 2 aromatic rings. The number of aliphatic carboxylic acids is 1. The third-order valence-electron chi connectivity index (χ3n) is 7.37. The molecule has 5 unspecified atom stereocenters. The van der Waals surface area contributed by atoms with Crippen LogP contribution in [-0.4, -0.2) is 58.8 Å². The van der Waals surface area contributed by atoms with Crippen molar-refractivity contribution in [3.63, 3.8) is 0 Å². The van der Waals surface area contributed by atoms with Gasteiger partial charge in [-0.3, -0.25) is 4.79 Å². The molecule has 0 aliphatic heterocycles. The average molecular weight is 481 g/mol. The van der Waals surface area contributed by atoms with Gasteiger partial charge < -0.3 is 28.8 Å². The van der Waals surface area contributed by atoms with E-state index in [0.29, 0.717) is 23.5 Å². The molecule has 7 nitrogen and oxygen atoms in total. The summed E-state index contributed by atoms with van der Waals surface area (Å²) in [6.45, 7) is 0. The molecule has 2 aromatic carbocycles. The molecule has 2 bridgehead atoms. The van der Waals surface area contributed by atoms with Gasteiger partial charge in [0.1, 0.15) is 22.7 Å². The summed E-state index contributed by atoms with van der Waals surface area (Å²) in [5.74, 6) is 0.535. The maximum Gasteiger partial charge on any atom is 0.317 e. The summed E-state index contributed by atoms with van der Waals surface area (Å²) in [6, 6.07) is 13.1. The maximum absolute atomic E-state index is 13.2. The fourth-order valence-electron chi connectivity index (χ4n) is 5.75. The first-order valence-corrected chi connectivity index (χ1v) is 11.5. The molecule has 2 aliphatic carbocycles. The first-order valence-electron chi connectivity index (χ1n) is 11.5. The van der Waals surface area contributed by atoms with Crippen molar-refractivity contribution >= 4 is 12.0 Å². The summed E-state index contributed by atoms with van der Waals surface area (Å²) in [5, 5.41) is 10.8. The summed E-state index contributed by atoms with van der Waals surface area (Å²) >= 11 is 0. The Morgan fingerprint density at radius 1 is 0.886 bits per heavy atom. The van der Waals surface area contributed by atoms with E-state index >= 15 is 0 Å². The molecule has 0 amide bonds. The SMILES string of the molecule is COc1ccc(/C=C/C2=CC(OC)C3CC(c4cc(OC)cc(OC)c4)C2(C(=O)O)C3OC)cc1. The summed E-state index contributed by atoms with van der Waals surface area (Å²) in [4.78, 5) is 13.2. The maximum atomic E-state index is 13.2. The third-order valence-corrected chi connectivity index (χ3v) is 7.37. The molecular weight excluding hydrogens is 448 g/mol. The normalized spacial score (nSPS) is 27.5. The molecule has 1 N–H and O–H groups in total. The number of benzene rings is 2. The van der Waals surface area contributed by atoms with Gasteiger partial charge >= 0.3 is 5.97 Å². The highest BCUT2D eigenvalue weighted by Crippen LogP contribution is 2.62. The Labute approximate surface area is 205 Å². The van der Waals surface area contributed by atoms with E-state index in [2.05, 4.69) is 0 Å². The molecule has 5 atom stereocenters. The molecule has 186 valence electrons. The number of hydrogen-bond donors (Lipinski definition) is 1. The Bertz CT molecular complexity index is 1100. The van der Waals surface area contributed by atoms with Gasteiger partial charge in [0.2, 0.25) is 0 Å². The summed E-state index contributed by atoms with van der Waals surface area (Å²) < 4.78 is 28.0. The molecule has 7 heteroatoms. The minimum Gasteiger partial charge on any atom is -0.497 e. The van der Waals surface area contributed by atoms with Gasteiger partial charge in [-0.15, -0.1) is 0 Å². The van der Waals surface area contributed by atoms with Gasteiger partial charge in [-0.2, -0.15) is 0 Å². The lowest BCUT2D eigenvalue weighted by Gasteiger charge is -2.42. The molecule has 0 radical (unpaired) electrons. The van der Waals surface area contributed by atoms with Crippen LogP contribution in [0.15, 0.2) is 60.2 Å². The molecule has 35 heavy (non-hydrogen) atoms. The Morgan fingerprint density at radius 2 is 1.51 bits per heavy atom. The number of methoxy groups -OCH3 is 5. The van der Waals surface area contributed by atoms with E-state index in [1.165, 1.54) is 0 Å². The number of carbonyl (C=O) groups is 1. The lowest BCUT2D eigenvalue weighted by Crippen LogP contribution is -2.50. The van der Waals surface area contributed by atoms with Crippen LogP contribution in [0.2, 0.25) is 0 Å². The topological polar surface area (TPSA) is 83.5 Å². The molecule has 1 saturated carbocycles. The van der Waals surface area contributed by atoms with Gasteiger partial charge in [0.25, 0.3) is 0 Å². The Kier molecular flexibility index (Phi) is 7.19. The van der Waals surface area contributed by atoms with Gasteiger partial charge in [0.15, 0.2) is 0 Å². The van der Waals surface area contributed by atoms with Crippen molar-refractivity contribution in [3.8, 4) is 17.2 Å². The zero-order chi connectivity index (χ0) is 25.2. The van der Waals surface area contributed by atoms with E-state index in [1.54, 1.807) is 41.6 Å². The second-order valence-corrected chi connectivity index (χ2v) is 8.86. The second kappa shape index (κ2) is 10.1. The summed E-state index contributed by atoms with van der Waals surface area (Å²) in [5.41, 5.74) is 1.10. The number of carboxylic acid groups (broad SMARTS) is 1. The molecule has 4 rings (SSSR count). The van der Waals surface area contributed by atoms with E-state index in [1.807, 2.05) is 54.6 Å². The third kappa shape index (κ3) is 4.19. The van der Waals surface area contributed by atoms with E-state index in [9.17, 15) is 9.90 Å². The largest absolute Gasteiger partial charge is 0.497 e. The highest BCUT2D eigenvalue weighted by molar-refractivity contribution is 5.85. The van der Waals surface area contributed by atoms with Crippen molar-refractivity contribution in [2.24, 2.45) is 11.3 Å². The van der Waals surface area contributed by atoms with Crippen molar-refractivity contribution in [1.29, 1.82) is 0 Å². The zero-order valence-electron chi connectivity index (χ0n) is 20.7. The Hall–Kier alpha value is -3.29. The highest BCUT2D eigenvalue weighted by atomic mass is 16.5. The van der Waals surface area contributed by atoms with Crippen LogP contribution in [0.4, 0.5) is 0 Å². The monoisotopic (exact) mass is 480 g/mol. The molecule has 0 aromatic heterocycles. The van der Waals surface area contributed by atoms with Gasteiger partial charge in [-0.25, -0.2) is 0 Å². The first-order chi connectivity index (χ1) is 16.9. The molecule has 0 heterocycles. The fourth-order valence-corrected chi connectivity index (χ4v) is 5.75. The van der Waals surface area contributed by atoms with Crippen LogP contribution in [-0.2, 0) is 14.3 Å². The predicted octanol–water partition coefficient (Wildman–Crippen LogP) is 4.57. The molecule has 2 aliphatic rings. The average Bonchev–Trinajstić information content (AvgIpc) is 3.17. The second-order valence-electron chi connectivity index (χ2n) is 8.86. The van der Waals surface area contributed by atoms with Gasteiger partial charge in [-0.1, -0.05) is 30.4 Å². The van der Waals surface area contributed by atoms with Gasteiger partial charge in [0.05, 0.1) is 33.5 Å². The lowest BCUT2D eigenvalue weighted by molar-refractivity contribution is -0.156. The van der Waals surface area contributed by atoms with Crippen molar-refractivity contribution in [2.45, 2.75) is 24.5 Å². The standard InChI is InChI=1S/C28H32O7/c1-31-20-10-7-17(8-11-20)6-9-19-14-25(34-4)23-16-24(28(19,27(29)30)26(23)35-5)18-12-21(32-2)15-22(13-18)33-3/h6-15,23-26H,16H2,1-5H3,(H,29,30)/b9-6+. The smallest absolute Gasteiger partial charge is 0.317 e. The molecule has 1 fully saturated rings. The number of hydrogen-bond acceptors (Lipinski definition) is 6. The minimum absolute atomic E-state index is 0.124. The van der Waals surface area contributed by atoms with Crippen LogP contribution in [0.25, 0.3) is 6.08 Å². The van der Waals surface area contributed by atoms with Crippen molar-refractivity contribution in [1.82, 2.24) is 0 Å². The molecule has 0 saturated heterocycles. The first kappa shape index (κ1) is 24.8. The van der Waals surface area contributed by atoms with Gasteiger partial charge in [-0.05, 0) is 47.4 Å². The van der Waals surface area contributed by atoms with Crippen LogP contribution in [0.3, 0.4) is 0 Å². The Morgan fingerprint density at radius 3 is 2.03 bits per heavy atom. The van der Waals surface area contributed by atoms with Crippen molar-refractivity contribution in [3.05, 3.63) is 71.3 Å². The van der Waals surface area contributed by atoms with Crippen LogP contribution < -0.4 is 14.2 Å². The summed E-state index contributed by atoms with van der Waals surface area (Å²) in [6.07, 6.45) is 5.45. The summed E-state index contributed by atoms with van der Waals surface area (Å²) in [7, 11) is 8.01. The van der Waals surface area contributed by atoms with Crippen molar-refractivity contribution < 1.29 is 33.6 Å². The number of ether oxygens (including phenoxy) is 5. The van der Waals surface area contributed by atoms with Crippen molar-refractivity contribution in [2.75, 3.05) is 35.5 Å². The van der Waals surface area contributed by atoms with Gasteiger partial charge in [0, 0.05) is 32.1 Å². The number of fused-ring (bicyclic) bond motifs is 2. The fraction of sp³-hybridized carbons (Fsp3) is 0.393. The van der Waals surface area contributed by atoms with E-state index < -0.39 is 17.5 Å². The van der Waals surface area contributed by atoms with E-state index in [0.717, 1.165) is 16.9 Å². The van der Waals surface area contributed by atoms with Crippen LogP contribution in [0.1, 0.15) is 23.5 Å². The Balaban J connectivity index is 1.87. The molecule has 0 spiro atoms. The zero-order valence-corrected chi connectivity index (χ0v) is 20.7. The van der Waals surface area contributed by atoms with E-state index in [-0.39, 0.29) is 17.9 Å². The highest BCUT2D eigenvalue weighted by Gasteiger charge is 2.66. The van der Waals surface area contributed by atoms with E-state index in [4.69, 9.17) is 23.7 Å². The number of allylic oxidation sites excluding steroid dienone is 1. The quantitative estimate of drug-likeness (QED) is 0.563. The van der Waals surface area contributed by atoms with Crippen LogP contribution in [0, 0.1) is 11.3 Å². The van der Waals surface area contributed by atoms with Crippen LogP contribution >= 0.6 is 0 Å². The lowest BCUT2D eigenvalue weighted by atomic mass is 9.65. The number of rotatable bonds is 9. The van der Waals surface area contributed by atoms with Crippen LogP contribution in [0.5, 0.6) is 17.2 Å². The predicted molar refractivity (Wildman–Crippen MR) is 132 cm³/mol. The number of carboxylic acids is 1. The molecular formula is C28H32O7. The minimum atomic E-state index is -1.31.